The van der Waals surface area contributed by atoms with Crippen LogP contribution in [0, 0.1) is 17.8 Å². The van der Waals surface area contributed by atoms with Gasteiger partial charge >= 0.3 is 5.97 Å². The van der Waals surface area contributed by atoms with Crippen molar-refractivity contribution in [3.05, 3.63) is 12.2 Å². The highest BCUT2D eigenvalue weighted by molar-refractivity contribution is 5.85. The van der Waals surface area contributed by atoms with Gasteiger partial charge in [0.1, 0.15) is 0 Å². The number of allylic oxidation sites excluding steroid dienone is 2. The largest absolute Gasteiger partial charge is 0.481 e. The van der Waals surface area contributed by atoms with Gasteiger partial charge < -0.3 is 15.2 Å². The summed E-state index contributed by atoms with van der Waals surface area (Å²) < 4.78 is 5.43. The van der Waals surface area contributed by atoms with Crippen LogP contribution in [-0.2, 0) is 14.3 Å². The average Bonchev–Trinajstić information content (AvgIpc) is 2.42. The van der Waals surface area contributed by atoms with Crippen molar-refractivity contribution in [3.63, 3.8) is 0 Å². The van der Waals surface area contributed by atoms with Gasteiger partial charge in [0.05, 0.1) is 11.8 Å². The lowest BCUT2D eigenvalue weighted by atomic mass is 9.82. The van der Waals surface area contributed by atoms with Gasteiger partial charge in [0.25, 0.3) is 0 Å². The van der Waals surface area contributed by atoms with Crippen molar-refractivity contribution >= 4 is 11.9 Å². The van der Waals surface area contributed by atoms with Crippen LogP contribution in [0.15, 0.2) is 12.2 Å². The number of ether oxygens (including phenoxy) is 1. The molecule has 5 heteroatoms. The molecule has 2 N–H and O–H groups in total. The zero-order valence-corrected chi connectivity index (χ0v) is 12.3. The van der Waals surface area contributed by atoms with Crippen LogP contribution in [0.25, 0.3) is 0 Å². The molecule has 0 bridgehead atoms. The van der Waals surface area contributed by atoms with Gasteiger partial charge in [-0.2, -0.15) is 0 Å². The highest BCUT2D eigenvalue weighted by Crippen LogP contribution is 2.25. The van der Waals surface area contributed by atoms with E-state index in [-0.39, 0.29) is 5.91 Å². The highest BCUT2D eigenvalue weighted by atomic mass is 16.5. The monoisotopic (exact) mass is 283 g/mol. The molecule has 5 nitrogen and oxygen atoms in total. The van der Waals surface area contributed by atoms with Crippen molar-refractivity contribution in [3.8, 4) is 0 Å². The number of carbonyl (C=O) groups excluding carboxylic acids is 1. The zero-order valence-electron chi connectivity index (χ0n) is 12.3. The second-order valence-electron chi connectivity index (χ2n) is 5.61. The van der Waals surface area contributed by atoms with Crippen molar-refractivity contribution in [2.45, 2.75) is 33.1 Å². The number of amides is 1. The Morgan fingerprint density at radius 2 is 1.95 bits per heavy atom. The summed E-state index contributed by atoms with van der Waals surface area (Å²) in [5.74, 6) is -1.60. The molecule has 114 valence electrons. The molecule has 0 saturated heterocycles. The Hall–Kier alpha value is -1.36. The van der Waals surface area contributed by atoms with Gasteiger partial charge in [0.15, 0.2) is 0 Å². The third kappa shape index (κ3) is 5.74. The van der Waals surface area contributed by atoms with E-state index in [4.69, 9.17) is 9.84 Å². The fourth-order valence-electron chi connectivity index (χ4n) is 2.21. The lowest BCUT2D eigenvalue weighted by molar-refractivity contribution is -0.147. The Balaban J connectivity index is 2.24. The number of aliphatic carboxylic acids is 1. The molecule has 0 aromatic rings. The standard InChI is InChI=1S/C15H25NO4/c1-11(2)10-20-9-5-8-16-14(17)12-6-3-4-7-13(12)15(18)19/h3-4,11-13H,5-10H2,1-2H3,(H,16,17)(H,18,19). The predicted molar refractivity (Wildman–Crippen MR) is 76.3 cm³/mol. The van der Waals surface area contributed by atoms with Gasteiger partial charge in [-0.25, -0.2) is 0 Å². The molecule has 0 spiro atoms. The van der Waals surface area contributed by atoms with E-state index in [1.807, 2.05) is 12.2 Å². The third-order valence-electron chi connectivity index (χ3n) is 3.30. The molecule has 1 aliphatic carbocycles. The van der Waals surface area contributed by atoms with E-state index in [0.29, 0.717) is 31.9 Å². The topological polar surface area (TPSA) is 75.6 Å². The maximum atomic E-state index is 12.0. The molecule has 1 amide bonds. The predicted octanol–water partition coefficient (Wildman–Crippen LogP) is 1.83. The van der Waals surface area contributed by atoms with Crippen molar-refractivity contribution in [2.75, 3.05) is 19.8 Å². The Kier molecular flexibility index (Phi) is 7.30. The minimum atomic E-state index is -0.894. The molecule has 1 aliphatic rings. The molecule has 0 aromatic carbocycles. The summed E-state index contributed by atoms with van der Waals surface area (Å²) in [6.07, 6.45) is 5.41. The van der Waals surface area contributed by atoms with Gasteiger partial charge in [0.2, 0.25) is 5.91 Å². The maximum absolute atomic E-state index is 12.0. The summed E-state index contributed by atoms with van der Waals surface area (Å²) >= 11 is 0. The summed E-state index contributed by atoms with van der Waals surface area (Å²) in [5, 5.41) is 11.9. The first-order valence-electron chi connectivity index (χ1n) is 7.25. The lowest BCUT2D eigenvalue weighted by Gasteiger charge is -2.24. The van der Waals surface area contributed by atoms with Crippen LogP contribution >= 0.6 is 0 Å². The van der Waals surface area contributed by atoms with E-state index in [1.165, 1.54) is 0 Å². The second kappa shape index (κ2) is 8.74. The van der Waals surface area contributed by atoms with Crippen molar-refractivity contribution < 1.29 is 19.4 Å². The SMILES string of the molecule is CC(C)COCCCNC(=O)C1CC=CCC1C(=O)O. The molecule has 0 aliphatic heterocycles. The number of carboxylic acids is 1. The number of hydrogen-bond acceptors (Lipinski definition) is 3. The molecule has 0 heterocycles. The van der Waals surface area contributed by atoms with E-state index in [2.05, 4.69) is 19.2 Å². The fourth-order valence-corrected chi connectivity index (χ4v) is 2.21. The van der Waals surface area contributed by atoms with Gasteiger partial charge in [-0.15, -0.1) is 0 Å². The van der Waals surface area contributed by atoms with Gasteiger partial charge in [0, 0.05) is 19.8 Å². The zero-order chi connectivity index (χ0) is 15.0. The van der Waals surface area contributed by atoms with Crippen LogP contribution in [0.5, 0.6) is 0 Å². The van der Waals surface area contributed by atoms with Gasteiger partial charge in [-0.3, -0.25) is 9.59 Å². The van der Waals surface area contributed by atoms with E-state index < -0.39 is 17.8 Å². The Bertz CT molecular complexity index is 352. The number of hydrogen-bond donors (Lipinski definition) is 2. The average molecular weight is 283 g/mol. The highest BCUT2D eigenvalue weighted by Gasteiger charge is 2.33. The van der Waals surface area contributed by atoms with Crippen LogP contribution < -0.4 is 5.32 Å². The molecule has 1 rings (SSSR count). The molecule has 2 unspecified atom stereocenters. The van der Waals surface area contributed by atoms with Crippen molar-refractivity contribution in [2.24, 2.45) is 17.8 Å². The van der Waals surface area contributed by atoms with Crippen LogP contribution in [0.1, 0.15) is 33.1 Å². The van der Waals surface area contributed by atoms with E-state index in [1.54, 1.807) is 0 Å². The third-order valence-corrected chi connectivity index (χ3v) is 3.30. The summed E-state index contributed by atoms with van der Waals surface area (Å²) in [6, 6.07) is 0. The van der Waals surface area contributed by atoms with Crippen molar-refractivity contribution in [1.29, 1.82) is 0 Å². The summed E-state index contributed by atoms with van der Waals surface area (Å²) in [5.41, 5.74) is 0. The first kappa shape index (κ1) is 16.7. The fraction of sp³-hybridized carbons (Fsp3) is 0.733. The summed E-state index contributed by atoms with van der Waals surface area (Å²) in [7, 11) is 0. The Labute approximate surface area is 120 Å². The first-order valence-corrected chi connectivity index (χ1v) is 7.25. The second-order valence-corrected chi connectivity index (χ2v) is 5.61. The quantitative estimate of drug-likeness (QED) is 0.526. The van der Waals surface area contributed by atoms with Crippen LogP contribution in [-0.4, -0.2) is 36.7 Å². The van der Waals surface area contributed by atoms with Crippen LogP contribution in [0.3, 0.4) is 0 Å². The molecule has 2 atom stereocenters. The smallest absolute Gasteiger partial charge is 0.307 e. The summed E-state index contributed by atoms with van der Waals surface area (Å²) in [6.45, 7) is 6.05. The minimum Gasteiger partial charge on any atom is -0.481 e. The van der Waals surface area contributed by atoms with E-state index >= 15 is 0 Å². The van der Waals surface area contributed by atoms with Gasteiger partial charge in [-0.1, -0.05) is 26.0 Å². The first-order chi connectivity index (χ1) is 9.52. The summed E-state index contributed by atoms with van der Waals surface area (Å²) in [4.78, 5) is 23.1. The Morgan fingerprint density at radius 1 is 1.30 bits per heavy atom. The molecular formula is C15H25NO4. The molecule has 0 aromatic heterocycles. The molecular weight excluding hydrogens is 258 g/mol. The van der Waals surface area contributed by atoms with Crippen LogP contribution in [0.2, 0.25) is 0 Å². The normalized spacial score (nSPS) is 21.9. The van der Waals surface area contributed by atoms with E-state index in [0.717, 1.165) is 13.0 Å². The molecule has 0 saturated carbocycles. The van der Waals surface area contributed by atoms with Gasteiger partial charge in [-0.05, 0) is 25.2 Å². The minimum absolute atomic E-state index is 0.161. The van der Waals surface area contributed by atoms with Crippen LogP contribution in [0.4, 0.5) is 0 Å². The number of rotatable bonds is 8. The Morgan fingerprint density at radius 3 is 2.55 bits per heavy atom. The lowest BCUT2D eigenvalue weighted by Crippen LogP contribution is -2.39. The maximum Gasteiger partial charge on any atom is 0.307 e. The number of carboxylic acid groups (broad SMARTS) is 1. The molecule has 20 heavy (non-hydrogen) atoms. The number of carbonyl (C=O) groups is 2. The molecule has 0 fully saturated rings. The van der Waals surface area contributed by atoms with Crippen molar-refractivity contribution in [1.82, 2.24) is 5.32 Å². The molecule has 0 radical (unpaired) electrons. The number of nitrogens with one attached hydrogen (secondary N) is 1. The van der Waals surface area contributed by atoms with E-state index in [9.17, 15) is 9.59 Å².